The Kier molecular flexibility index (Phi) is 6.62. The third-order valence-corrected chi connectivity index (χ3v) is 4.27. The van der Waals surface area contributed by atoms with E-state index in [0.29, 0.717) is 29.1 Å². The van der Waals surface area contributed by atoms with Gasteiger partial charge < -0.3 is 15.0 Å². The van der Waals surface area contributed by atoms with E-state index in [4.69, 9.17) is 16.3 Å². The number of hydrogen-bond acceptors (Lipinski definition) is 5. The zero-order chi connectivity index (χ0) is 16.8. The van der Waals surface area contributed by atoms with E-state index in [0.717, 1.165) is 32.5 Å². The molecule has 0 bridgehead atoms. The van der Waals surface area contributed by atoms with Crippen molar-refractivity contribution in [2.45, 2.75) is 18.9 Å². The second-order valence-electron chi connectivity index (χ2n) is 5.97. The number of hydrogen-bond donors (Lipinski definition) is 1. The molecular weight excluding hydrogens is 316 g/mol. The zero-order valence-electron chi connectivity index (χ0n) is 14.0. The van der Waals surface area contributed by atoms with Crippen LogP contribution in [0.2, 0.25) is 5.15 Å². The number of anilines is 1. The van der Waals surface area contributed by atoms with Gasteiger partial charge in [-0.25, -0.2) is 4.98 Å². The van der Waals surface area contributed by atoms with Crippen LogP contribution >= 0.6 is 11.6 Å². The highest BCUT2D eigenvalue weighted by atomic mass is 35.5. The third kappa shape index (κ3) is 5.06. The summed E-state index contributed by atoms with van der Waals surface area (Å²) >= 11 is 6.01. The Balaban J connectivity index is 1.94. The topological polar surface area (TPSA) is 57.7 Å². The number of rotatable bonds is 7. The molecule has 2 rings (SSSR count). The third-order valence-electron chi connectivity index (χ3n) is 4.08. The lowest BCUT2D eigenvalue weighted by atomic mass is 10.2. The zero-order valence-corrected chi connectivity index (χ0v) is 14.8. The van der Waals surface area contributed by atoms with Gasteiger partial charge in [0.2, 0.25) is 0 Å². The Hall–Kier alpha value is -1.37. The average molecular weight is 341 g/mol. The van der Waals surface area contributed by atoms with Crippen molar-refractivity contribution in [3.63, 3.8) is 0 Å². The van der Waals surface area contributed by atoms with Crippen molar-refractivity contribution in [3.8, 4) is 0 Å². The predicted molar refractivity (Wildman–Crippen MR) is 92.4 cm³/mol. The van der Waals surface area contributed by atoms with Crippen molar-refractivity contribution in [1.29, 1.82) is 0 Å². The van der Waals surface area contributed by atoms with Gasteiger partial charge in [0.1, 0.15) is 11.0 Å². The van der Waals surface area contributed by atoms with Crippen LogP contribution in [0.3, 0.4) is 0 Å². The molecule has 128 valence electrons. The summed E-state index contributed by atoms with van der Waals surface area (Å²) in [6.45, 7) is 3.33. The molecule has 1 N–H and O–H groups in total. The molecule has 0 unspecified atom stereocenters. The Labute approximate surface area is 142 Å². The first kappa shape index (κ1) is 18.0. The molecule has 7 heteroatoms. The quantitative estimate of drug-likeness (QED) is 0.765. The predicted octanol–water partition coefficient (Wildman–Crippen LogP) is 1.64. The van der Waals surface area contributed by atoms with E-state index in [2.05, 4.69) is 15.2 Å². The molecular formula is C16H25ClN4O2. The van der Waals surface area contributed by atoms with E-state index in [9.17, 15) is 4.79 Å². The summed E-state index contributed by atoms with van der Waals surface area (Å²) in [6.07, 6.45) is 2.26. The van der Waals surface area contributed by atoms with Crippen LogP contribution in [0.25, 0.3) is 0 Å². The number of nitrogens with zero attached hydrogens (tertiary/aromatic N) is 3. The van der Waals surface area contributed by atoms with Crippen LogP contribution in [0.15, 0.2) is 12.1 Å². The molecule has 2 heterocycles. The van der Waals surface area contributed by atoms with Gasteiger partial charge in [-0.1, -0.05) is 11.6 Å². The first-order valence-corrected chi connectivity index (χ1v) is 8.25. The molecule has 6 nitrogen and oxygen atoms in total. The summed E-state index contributed by atoms with van der Waals surface area (Å²) in [5.74, 6) is 0.557. The molecule has 0 spiro atoms. The van der Waals surface area contributed by atoms with Crippen molar-refractivity contribution in [2.75, 3.05) is 52.3 Å². The highest BCUT2D eigenvalue weighted by molar-refractivity contribution is 6.29. The molecule has 0 radical (unpaired) electrons. The lowest BCUT2D eigenvalue weighted by Crippen LogP contribution is -2.41. The van der Waals surface area contributed by atoms with E-state index >= 15 is 0 Å². The molecule has 0 aliphatic carbocycles. The molecule has 1 aromatic rings. The minimum absolute atomic E-state index is 0.115. The van der Waals surface area contributed by atoms with Gasteiger partial charge in [-0.15, -0.1) is 0 Å². The number of likely N-dealkylation sites (tertiary alicyclic amines) is 1. The summed E-state index contributed by atoms with van der Waals surface area (Å²) in [5.41, 5.74) is 0.537. The van der Waals surface area contributed by atoms with Gasteiger partial charge in [-0.2, -0.15) is 0 Å². The number of aromatic nitrogens is 1. The minimum atomic E-state index is -0.115. The number of halogens is 1. The summed E-state index contributed by atoms with van der Waals surface area (Å²) < 4.78 is 5.14. The van der Waals surface area contributed by atoms with Crippen LogP contribution in [0.5, 0.6) is 0 Å². The second-order valence-corrected chi connectivity index (χ2v) is 6.35. The highest BCUT2D eigenvalue weighted by Gasteiger charge is 2.24. The van der Waals surface area contributed by atoms with E-state index in [-0.39, 0.29) is 5.91 Å². The SMILES string of the molecule is COCCN1CCC[C@H]1CNC(=O)c1cc(Cl)nc(N(C)C)c1. The van der Waals surface area contributed by atoms with Gasteiger partial charge in [-0.3, -0.25) is 9.69 Å². The maximum atomic E-state index is 12.4. The van der Waals surface area contributed by atoms with Crippen LogP contribution in [-0.4, -0.2) is 69.3 Å². The number of methoxy groups -OCH3 is 1. The Morgan fingerprint density at radius 1 is 1.52 bits per heavy atom. The molecule has 0 saturated carbocycles. The Bertz CT molecular complexity index is 539. The number of nitrogens with one attached hydrogen (secondary N) is 1. The molecule has 1 amide bonds. The van der Waals surface area contributed by atoms with Crippen LogP contribution in [-0.2, 0) is 4.74 Å². The molecule has 1 saturated heterocycles. The lowest BCUT2D eigenvalue weighted by Gasteiger charge is -2.24. The summed E-state index contributed by atoms with van der Waals surface area (Å²) in [7, 11) is 5.45. The molecule has 1 aliphatic heterocycles. The van der Waals surface area contributed by atoms with Gasteiger partial charge in [0, 0.05) is 45.9 Å². The van der Waals surface area contributed by atoms with Crippen molar-refractivity contribution >= 4 is 23.3 Å². The van der Waals surface area contributed by atoms with Crippen molar-refractivity contribution in [2.24, 2.45) is 0 Å². The number of carbonyl (C=O) groups is 1. The molecule has 1 fully saturated rings. The van der Waals surface area contributed by atoms with Crippen LogP contribution in [0, 0.1) is 0 Å². The largest absolute Gasteiger partial charge is 0.383 e. The number of ether oxygens (including phenoxy) is 1. The average Bonchev–Trinajstić information content (AvgIpc) is 2.97. The maximum absolute atomic E-state index is 12.4. The van der Waals surface area contributed by atoms with Crippen molar-refractivity contribution in [3.05, 3.63) is 22.8 Å². The molecule has 23 heavy (non-hydrogen) atoms. The van der Waals surface area contributed by atoms with E-state index in [1.807, 2.05) is 19.0 Å². The standard InChI is InChI=1S/C16H25ClN4O2/c1-20(2)15-10-12(9-14(17)19-15)16(22)18-11-13-5-4-6-21(13)7-8-23-3/h9-10,13H,4-8,11H2,1-3H3,(H,18,22)/t13-/m0/s1. The highest BCUT2D eigenvalue weighted by Crippen LogP contribution is 2.18. The first-order chi connectivity index (χ1) is 11.0. The fourth-order valence-electron chi connectivity index (χ4n) is 2.79. The molecule has 0 aromatic carbocycles. The summed E-state index contributed by atoms with van der Waals surface area (Å²) in [4.78, 5) is 20.8. The number of amides is 1. The summed E-state index contributed by atoms with van der Waals surface area (Å²) in [6, 6.07) is 3.72. The van der Waals surface area contributed by atoms with E-state index < -0.39 is 0 Å². The smallest absolute Gasteiger partial charge is 0.251 e. The van der Waals surface area contributed by atoms with E-state index in [1.165, 1.54) is 0 Å². The van der Waals surface area contributed by atoms with E-state index in [1.54, 1.807) is 19.2 Å². The maximum Gasteiger partial charge on any atom is 0.251 e. The second kappa shape index (κ2) is 8.47. The lowest BCUT2D eigenvalue weighted by molar-refractivity contribution is 0.0932. The van der Waals surface area contributed by atoms with Crippen LogP contribution < -0.4 is 10.2 Å². The van der Waals surface area contributed by atoms with Crippen molar-refractivity contribution < 1.29 is 9.53 Å². The monoisotopic (exact) mass is 340 g/mol. The fraction of sp³-hybridized carbons (Fsp3) is 0.625. The van der Waals surface area contributed by atoms with Crippen LogP contribution in [0.1, 0.15) is 23.2 Å². The Morgan fingerprint density at radius 2 is 2.30 bits per heavy atom. The van der Waals surface area contributed by atoms with Gasteiger partial charge in [0.15, 0.2) is 0 Å². The fourth-order valence-corrected chi connectivity index (χ4v) is 2.99. The number of carbonyl (C=O) groups excluding carboxylic acids is 1. The van der Waals surface area contributed by atoms with Crippen LogP contribution in [0.4, 0.5) is 5.82 Å². The van der Waals surface area contributed by atoms with Gasteiger partial charge in [-0.05, 0) is 31.5 Å². The molecule has 1 aliphatic rings. The van der Waals surface area contributed by atoms with Gasteiger partial charge in [0.25, 0.3) is 5.91 Å². The van der Waals surface area contributed by atoms with Gasteiger partial charge >= 0.3 is 0 Å². The molecule has 1 aromatic heterocycles. The molecule has 1 atom stereocenters. The van der Waals surface area contributed by atoms with Gasteiger partial charge in [0.05, 0.1) is 6.61 Å². The summed E-state index contributed by atoms with van der Waals surface area (Å²) in [5, 5.41) is 3.34. The Morgan fingerprint density at radius 3 is 3.00 bits per heavy atom. The first-order valence-electron chi connectivity index (χ1n) is 7.87. The minimum Gasteiger partial charge on any atom is -0.383 e. The number of pyridine rings is 1. The van der Waals surface area contributed by atoms with Crippen molar-refractivity contribution in [1.82, 2.24) is 15.2 Å². The normalized spacial score (nSPS) is 18.2.